The molecule has 3 aliphatic heterocycles. The van der Waals surface area contributed by atoms with Crippen molar-refractivity contribution in [3.8, 4) is 0 Å². The highest BCUT2D eigenvalue weighted by molar-refractivity contribution is 5.93. The molecule has 0 saturated carbocycles. The molecule has 4 N–H and O–H groups in total. The Morgan fingerprint density at radius 2 is 1.42 bits per heavy atom. The second kappa shape index (κ2) is 22.2. The lowest BCUT2D eigenvalue weighted by Gasteiger charge is -2.44. The molecule has 3 aliphatic rings. The van der Waals surface area contributed by atoms with Crippen molar-refractivity contribution in [1.29, 1.82) is 0 Å². The molecule has 1 saturated heterocycles. The number of fused-ring (bicyclic) bond motifs is 8. The van der Waals surface area contributed by atoms with E-state index in [4.69, 9.17) is 43.1 Å². The summed E-state index contributed by atoms with van der Waals surface area (Å²) in [6.07, 6.45) is -4.88. The van der Waals surface area contributed by atoms with Crippen LogP contribution in [0.15, 0.2) is 24.3 Å². The number of nitrogens with one attached hydrogen (secondary N) is 3. The molecule has 18 nitrogen and oxygen atoms in total. The van der Waals surface area contributed by atoms with Gasteiger partial charge in [-0.1, -0.05) is 13.8 Å². The molecule has 362 valence electrons. The van der Waals surface area contributed by atoms with Crippen molar-refractivity contribution < 1.29 is 62.2 Å². The van der Waals surface area contributed by atoms with Crippen LogP contribution in [0.3, 0.4) is 0 Å². The maximum atomic E-state index is 13.3. The number of esters is 4. The zero-order valence-corrected chi connectivity index (χ0v) is 40.0. The number of hydrogen-bond acceptors (Lipinski definition) is 15. The Morgan fingerprint density at radius 1 is 0.761 bits per heavy atom. The van der Waals surface area contributed by atoms with Crippen molar-refractivity contribution in [2.75, 3.05) is 33.0 Å². The number of aryl methyl sites for hydroxylation is 3. The molecule has 7 atom stereocenters. The number of aromatic nitrogens is 4. The van der Waals surface area contributed by atoms with Crippen LogP contribution >= 0.6 is 0 Å². The van der Waals surface area contributed by atoms with E-state index in [1.165, 1.54) is 12.5 Å². The van der Waals surface area contributed by atoms with Gasteiger partial charge in [-0.2, -0.15) is 0 Å². The lowest BCUT2D eigenvalue weighted by atomic mass is 9.86. The first-order chi connectivity index (χ1) is 31.9. The van der Waals surface area contributed by atoms with Gasteiger partial charge >= 0.3 is 23.9 Å². The van der Waals surface area contributed by atoms with E-state index >= 15 is 0 Å². The van der Waals surface area contributed by atoms with Gasteiger partial charge in [0.15, 0.2) is 24.6 Å². The average molecular weight is 930 g/mol. The zero-order valence-electron chi connectivity index (χ0n) is 40.0. The van der Waals surface area contributed by atoms with E-state index in [-0.39, 0.29) is 63.7 Å². The summed E-state index contributed by atoms with van der Waals surface area (Å²) in [4.78, 5) is 78.7. The van der Waals surface area contributed by atoms with Crippen LogP contribution in [0.2, 0.25) is 0 Å². The molecule has 1 fully saturated rings. The molecule has 1 amide bonds. The van der Waals surface area contributed by atoms with E-state index < -0.39 is 54.6 Å². The molecule has 18 heteroatoms. The van der Waals surface area contributed by atoms with Crippen LogP contribution < -0.4 is 5.32 Å². The Morgan fingerprint density at radius 3 is 2.09 bits per heavy atom. The zero-order chi connectivity index (χ0) is 48.7. The Balaban J connectivity index is 1.12. The molecule has 0 spiro atoms. The molecule has 0 radical (unpaired) electrons. The number of hydrogen-bond donors (Lipinski definition) is 4. The number of rotatable bonds is 17. The van der Waals surface area contributed by atoms with Crippen LogP contribution in [0.4, 0.5) is 0 Å². The largest absolute Gasteiger partial charge is 0.463 e. The molecule has 6 heterocycles. The molecular weight excluding hydrogens is 867 g/mol. The summed E-state index contributed by atoms with van der Waals surface area (Å²) < 4.78 is 39.0. The Kier molecular flexibility index (Phi) is 16.7. The van der Waals surface area contributed by atoms with E-state index in [9.17, 15) is 29.1 Å². The van der Waals surface area contributed by atoms with Gasteiger partial charge in [0, 0.05) is 91.5 Å². The highest BCUT2D eigenvalue weighted by atomic mass is 16.7. The number of aliphatic hydroxyl groups excluding tert-OH is 1. The molecule has 3 aromatic rings. The van der Waals surface area contributed by atoms with Gasteiger partial charge in [0.2, 0.25) is 5.91 Å². The van der Waals surface area contributed by atoms with Crippen molar-refractivity contribution in [2.24, 2.45) is 0 Å². The van der Waals surface area contributed by atoms with Gasteiger partial charge in [-0.3, -0.25) is 29.0 Å². The fraction of sp³-hybridized carbons (Fsp3) is 0.531. The highest BCUT2D eigenvalue weighted by Gasteiger charge is 2.52. The van der Waals surface area contributed by atoms with Gasteiger partial charge in [-0.15, -0.1) is 0 Å². The van der Waals surface area contributed by atoms with Crippen molar-refractivity contribution in [2.45, 2.75) is 138 Å². The van der Waals surface area contributed by atoms with Gasteiger partial charge < -0.3 is 53.5 Å². The summed E-state index contributed by atoms with van der Waals surface area (Å²) in [5.41, 5.74) is 13.2. The number of aromatic amines is 2. The molecule has 6 rings (SSSR count). The van der Waals surface area contributed by atoms with Crippen molar-refractivity contribution in [1.82, 2.24) is 25.3 Å². The minimum Gasteiger partial charge on any atom is -0.463 e. The van der Waals surface area contributed by atoms with Crippen LogP contribution in [-0.4, -0.2) is 119 Å². The number of aliphatic hydroxyl groups is 1. The van der Waals surface area contributed by atoms with Crippen LogP contribution in [0.1, 0.15) is 125 Å². The molecule has 3 aromatic heterocycles. The first-order valence-corrected chi connectivity index (χ1v) is 22.7. The molecule has 67 heavy (non-hydrogen) atoms. The van der Waals surface area contributed by atoms with E-state index in [0.29, 0.717) is 6.42 Å². The van der Waals surface area contributed by atoms with Gasteiger partial charge in [-0.05, 0) is 92.6 Å². The molecule has 0 aliphatic carbocycles. The van der Waals surface area contributed by atoms with Crippen molar-refractivity contribution >= 4 is 63.0 Å². The predicted octanol–water partition coefficient (Wildman–Crippen LogP) is 5.97. The minimum atomic E-state index is -1.35. The second-order valence-corrected chi connectivity index (χ2v) is 17.1. The minimum absolute atomic E-state index is 0.0258. The van der Waals surface area contributed by atoms with E-state index in [1.807, 2.05) is 13.0 Å². The van der Waals surface area contributed by atoms with Crippen LogP contribution in [0.25, 0.3) is 33.2 Å². The van der Waals surface area contributed by atoms with Crippen LogP contribution in [0.5, 0.6) is 0 Å². The third-order valence-corrected chi connectivity index (χ3v) is 12.4. The smallest absolute Gasteiger partial charge is 0.303 e. The third kappa shape index (κ3) is 12.0. The summed E-state index contributed by atoms with van der Waals surface area (Å²) in [7, 11) is 0. The molecule has 0 unspecified atom stereocenters. The maximum Gasteiger partial charge on any atom is 0.303 e. The highest BCUT2D eigenvalue weighted by Crippen LogP contribution is 2.42. The first-order valence-electron chi connectivity index (χ1n) is 22.7. The second-order valence-electron chi connectivity index (χ2n) is 17.1. The Hall–Kier alpha value is -5.95. The van der Waals surface area contributed by atoms with Crippen LogP contribution in [0, 0.1) is 20.8 Å². The SMILES string of the molecule is CCC1=C(C)c2cc3[nH]c(cc4nc(c(C)c5cc(C)c(cc1n2)[nH]5)[C@@H](CCC(=O)NCCOCCO[C@@H]1O[C@H](COC(C)=O)[C@@H](OC(C)=O)[C@H](OC(C)=O)[C@H]1OC(C)=O)[C@@H]4C)c(C)c3CO. The first kappa shape index (κ1) is 50.5. The molecule has 8 bridgehead atoms. The fourth-order valence-corrected chi connectivity index (χ4v) is 8.93. The number of H-pyrrole nitrogens is 2. The van der Waals surface area contributed by atoms with Crippen LogP contribution in [-0.2, 0) is 63.7 Å². The number of nitrogens with zero attached hydrogens (tertiary/aromatic N) is 2. The summed E-state index contributed by atoms with van der Waals surface area (Å²) in [6, 6.07) is 8.31. The average Bonchev–Trinajstić information content (AvgIpc) is 3.97. The van der Waals surface area contributed by atoms with E-state index in [2.05, 4.69) is 68.1 Å². The lowest BCUT2D eigenvalue weighted by molar-refractivity contribution is -0.309. The summed E-state index contributed by atoms with van der Waals surface area (Å²) in [5, 5.41) is 13.4. The van der Waals surface area contributed by atoms with Gasteiger partial charge in [-0.25, -0.2) is 4.98 Å². The Bertz CT molecular complexity index is 2560. The van der Waals surface area contributed by atoms with E-state index in [1.54, 1.807) is 0 Å². The molecular formula is C49H63N5O13. The number of carbonyl (C=O) groups excluding carboxylic acids is 5. The van der Waals surface area contributed by atoms with Crippen molar-refractivity contribution in [3.63, 3.8) is 0 Å². The normalized spacial score (nSPS) is 21.4. The van der Waals surface area contributed by atoms with Gasteiger partial charge in [0.05, 0.1) is 37.8 Å². The summed E-state index contributed by atoms with van der Waals surface area (Å²) in [6.45, 7) is 16.9. The summed E-state index contributed by atoms with van der Waals surface area (Å²) >= 11 is 0. The monoisotopic (exact) mass is 929 g/mol. The maximum absolute atomic E-state index is 13.3. The Labute approximate surface area is 389 Å². The number of amides is 1. The number of carbonyl (C=O) groups is 5. The lowest BCUT2D eigenvalue weighted by Crippen LogP contribution is -2.63. The molecule has 0 aromatic carbocycles. The summed E-state index contributed by atoms with van der Waals surface area (Å²) in [5.74, 6) is -3.11. The topological polar surface area (TPSA) is 240 Å². The predicted molar refractivity (Wildman–Crippen MR) is 246 cm³/mol. The number of allylic oxidation sites excluding steroid dienone is 2. The van der Waals surface area contributed by atoms with Crippen molar-refractivity contribution in [3.05, 3.63) is 69.3 Å². The quantitative estimate of drug-likeness (QED) is 0.0693. The number of ether oxygens (including phenoxy) is 7. The van der Waals surface area contributed by atoms with Gasteiger partial charge in [0.1, 0.15) is 12.7 Å². The fourth-order valence-electron chi connectivity index (χ4n) is 8.93. The van der Waals surface area contributed by atoms with Gasteiger partial charge in [0.25, 0.3) is 0 Å². The third-order valence-electron chi connectivity index (χ3n) is 12.4. The van der Waals surface area contributed by atoms with E-state index in [0.717, 1.165) is 99.9 Å². The standard InChI is InChI=1S/C49H63N5O13/c1-11-33-25(3)39-21-42-35(22-55)27(5)38(53-42)20-40-26(4)34(45(54-40)28(6)37-18-24(2)36(51-37)19-41(33)52-39)12-13-44(60)50-14-15-61-16-17-62-49-48(66-32(10)59)47(65-31(9)58)46(64-30(8)57)43(67-49)23-63-29(7)56/h18-21,26,34,43,46-49,51,53,55H,11-17,22-23H2,1-10H3,(H,50,60)/t26-,34-,43+,46+,47-,48+,49+/m0/s1.